The van der Waals surface area contributed by atoms with Crippen molar-refractivity contribution >= 4 is 15.9 Å². The summed E-state index contributed by atoms with van der Waals surface area (Å²) in [5.41, 5.74) is -0.0318. The van der Waals surface area contributed by atoms with E-state index in [0.29, 0.717) is 0 Å². The number of benzene rings is 1. The summed E-state index contributed by atoms with van der Waals surface area (Å²) in [5, 5.41) is 10.1. The molecule has 14 heavy (non-hydrogen) atoms. The van der Waals surface area contributed by atoms with E-state index in [1.165, 1.54) is 6.33 Å². The van der Waals surface area contributed by atoms with Crippen LogP contribution in [0.2, 0.25) is 0 Å². The Hall–Kier alpha value is -1.37. The molecule has 4 nitrogen and oxygen atoms in total. The lowest BCUT2D eigenvalue weighted by atomic mass is 10.3. The summed E-state index contributed by atoms with van der Waals surface area (Å²) < 4.78 is 27.4. The van der Waals surface area contributed by atoms with Gasteiger partial charge in [0.25, 0.3) is 0 Å². The van der Waals surface area contributed by atoms with Crippen LogP contribution >= 0.6 is 15.9 Å². The zero-order valence-corrected chi connectivity index (χ0v) is 8.24. The topological polar surface area (TPSA) is 43.6 Å². The van der Waals surface area contributed by atoms with Crippen molar-refractivity contribution in [3.05, 3.63) is 34.6 Å². The van der Waals surface area contributed by atoms with E-state index in [0.717, 1.165) is 16.8 Å². The maximum absolute atomic E-state index is 13.3. The minimum atomic E-state index is -0.606. The first-order chi connectivity index (χ1) is 6.68. The van der Waals surface area contributed by atoms with E-state index in [1.807, 2.05) is 0 Å². The fourth-order valence-electron chi connectivity index (χ4n) is 0.959. The van der Waals surface area contributed by atoms with Crippen molar-refractivity contribution in [2.24, 2.45) is 0 Å². The van der Waals surface area contributed by atoms with E-state index in [4.69, 9.17) is 0 Å². The Morgan fingerprint density at radius 3 is 2.64 bits per heavy atom. The van der Waals surface area contributed by atoms with Gasteiger partial charge in [0, 0.05) is 6.07 Å². The van der Waals surface area contributed by atoms with Gasteiger partial charge in [-0.15, -0.1) is 5.10 Å². The standard InChI is InChI=1S/C7H3BrF2N4/c8-4-1-6(10)7(2-5(4)9)14-3-11-12-13-14/h1-3H. The monoisotopic (exact) mass is 260 g/mol. The van der Waals surface area contributed by atoms with Crippen LogP contribution in [0, 0.1) is 11.6 Å². The second kappa shape index (κ2) is 3.41. The first-order valence-electron chi connectivity index (χ1n) is 3.56. The van der Waals surface area contributed by atoms with Crippen LogP contribution < -0.4 is 0 Å². The normalized spacial score (nSPS) is 10.5. The minimum absolute atomic E-state index is 0.0318. The van der Waals surface area contributed by atoms with Crippen molar-refractivity contribution in [1.29, 1.82) is 0 Å². The number of nitrogens with zero attached hydrogens (tertiary/aromatic N) is 4. The predicted molar refractivity (Wildman–Crippen MR) is 46.8 cm³/mol. The van der Waals surface area contributed by atoms with Crippen LogP contribution in [0.5, 0.6) is 0 Å². The van der Waals surface area contributed by atoms with Crippen molar-refractivity contribution in [2.75, 3.05) is 0 Å². The maximum Gasteiger partial charge on any atom is 0.150 e. The molecule has 0 N–H and O–H groups in total. The first kappa shape index (κ1) is 9.20. The Kier molecular flexibility index (Phi) is 2.24. The highest BCUT2D eigenvalue weighted by atomic mass is 79.9. The summed E-state index contributed by atoms with van der Waals surface area (Å²) in [6, 6.07) is 2.03. The molecule has 0 unspecified atom stereocenters. The van der Waals surface area contributed by atoms with E-state index in [2.05, 4.69) is 31.5 Å². The van der Waals surface area contributed by atoms with E-state index >= 15 is 0 Å². The lowest BCUT2D eigenvalue weighted by Gasteiger charge is -2.02. The van der Waals surface area contributed by atoms with Gasteiger partial charge in [0.2, 0.25) is 0 Å². The summed E-state index contributed by atoms with van der Waals surface area (Å²) >= 11 is 2.87. The van der Waals surface area contributed by atoms with Crippen LogP contribution in [0.3, 0.4) is 0 Å². The number of aromatic nitrogens is 4. The van der Waals surface area contributed by atoms with Crippen molar-refractivity contribution in [3.8, 4) is 5.69 Å². The number of hydrogen-bond acceptors (Lipinski definition) is 3. The van der Waals surface area contributed by atoms with E-state index in [9.17, 15) is 8.78 Å². The van der Waals surface area contributed by atoms with E-state index < -0.39 is 11.6 Å². The molecule has 1 aromatic carbocycles. The Labute approximate surface area is 85.7 Å². The molecule has 72 valence electrons. The van der Waals surface area contributed by atoms with Crippen LogP contribution in [0.4, 0.5) is 8.78 Å². The molecule has 0 aliphatic carbocycles. The third-order valence-corrected chi connectivity index (χ3v) is 2.19. The smallest absolute Gasteiger partial charge is 0.150 e. The summed E-state index contributed by atoms with van der Waals surface area (Å²) in [5.74, 6) is -1.18. The van der Waals surface area contributed by atoms with Gasteiger partial charge in [0.05, 0.1) is 4.47 Å². The third-order valence-electron chi connectivity index (χ3n) is 1.59. The van der Waals surface area contributed by atoms with Crippen molar-refractivity contribution in [2.45, 2.75) is 0 Å². The average molecular weight is 261 g/mol. The lowest BCUT2D eigenvalue weighted by Crippen LogP contribution is -2.00. The first-order valence-corrected chi connectivity index (χ1v) is 4.35. The van der Waals surface area contributed by atoms with E-state index in [1.54, 1.807) is 0 Å². The van der Waals surface area contributed by atoms with Gasteiger partial charge in [-0.2, -0.15) is 4.68 Å². The van der Waals surface area contributed by atoms with Crippen LogP contribution in [-0.4, -0.2) is 20.2 Å². The lowest BCUT2D eigenvalue weighted by molar-refractivity contribution is 0.579. The molecule has 0 radical (unpaired) electrons. The molecular formula is C7H3BrF2N4. The average Bonchev–Trinajstić information content (AvgIpc) is 2.64. The molecule has 0 spiro atoms. The molecule has 0 aliphatic rings. The van der Waals surface area contributed by atoms with Gasteiger partial charge in [0.15, 0.2) is 0 Å². The molecule has 0 atom stereocenters. The van der Waals surface area contributed by atoms with Crippen LogP contribution in [0.1, 0.15) is 0 Å². The van der Waals surface area contributed by atoms with Crippen LogP contribution in [0.15, 0.2) is 22.9 Å². The Bertz CT molecular complexity index is 457. The number of rotatable bonds is 1. The quantitative estimate of drug-likeness (QED) is 0.734. The summed E-state index contributed by atoms with van der Waals surface area (Å²) in [4.78, 5) is 0. The summed E-state index contributed by atoms with van der Waals surface area (Å²) in [7, 11) is 0. The third kappa shape index (κ3) is 1.50. The Balaban J connectivity index is 2.60. The highest BCUT2D eigenvalue weighted by molar-refractivity contribution is 9.10. The maximum atomic E-state index is 13.3. The molecule has 0 amide bonds. The van der Waals surface area contributed by atoms with Gasteiger partial charge < -0.3 is 0 Å². The van der Waals surface area contributed by atoms with Gasteiger partial charge in [-0.05, 0) is 32.4 Å². The minimum Gasteiger partial charge on any atom is -0.206 e. The number of halogens is 3. The van der Waals surface area contributed by atoms with Crippen molar-refractivity contribution in [3.63, 3.8) is 0 Å². The zero-order chi connectivity index (χ0) is 10.1. The molecule has 0 bridgehead atoms. The second-order valence-corrected chi connectivity index (χ2v) is 3.33. The van der Waals surface area contributed by atoms with Gasteiger partial charge in [0.1, 0.15) is 23.6 Å². The predicted octanol–water partition coefficient (Wildman–Crippen LogP) is 1.70. The Morgan fingerprint density at radius 1 is 1.21 bits per heavy atom. The molecule has 0 fully saturated rings. The summed E-state index contributed by atoms with van der Waals surface area (Å²) in [6.45, 7) is 0. The van der Waals surface area contributed by atoms with Crippen molar-refractivity contribution in [1.82, 2.24) is 20.2 Å². The molecular weight excluding hydrogens is 258 g/mol. The molecule has 2 rings (SSSR count). The molecule has 1 heterocycles. The molecule has 1 aromatic heterocycles. The number of tetrazole rings is 1. The molecule has 0 saturated carbocycles. The van der Waals surface area contributed by atoms with Gasteiger partial charge in [-0.1, -0.05) is 0 Å². The van der Waals surface area contributed by atoms with Gasteiger partial charge in [-0.3, -0.25) is 0 Å². The number of hydrogen-bond donors (Lipinski definition) is 0. The largest absolute Gasteiger partial charge is 0.206 e. The highest BCUT2D eigenvalue weighted by Crippen LogP contribution is 2.21. The van der Waals surface area contributed by atoms with Gasteiger partial charge in [-0.25, -0.2) is 8.78 Å². The Morgan fingerprint density at radius 2 is 2.00 bits per heavy atom. The molecule has 0 aliphatic heterocycles. The fraction of sp³-hybridized carbons (Fsp3) is 0. The van der Waals surface area contributed by atoms with Gasteiger partial charge >= 0.3 is 0 Å². The van der Waals surface area contributed by atoms with Crippen LogP contribution in [0.25, 0.3) is 5.69 Å². The van der Waals surface area contributed by atoms with Crippen molar-refractivity contribution < 1.29 is 8.78 Å². The summed E-state index contributed by atoms with van der Waals surface area (Å²) in [6.07, 6.45) is 1.19. The molecule has 2 aromatic rings. The highest BCUT2D eigenvalue weighted by Gasteiger charge is 2.10. The molecule has 7 heteroatoms. The van der Waals surface area contributed by atoms with Crippen LogP contribution in [-0.2, 0) is 0 Å². The SMILES string of the molecule is Fc1cc(-n2cnnn2)c(F)cc1Br. The van der Waals surface area contributed by atoms with E-state index in [-0.39, 0.29) is 10.2 Å². The second-order valence-electron chi connectivity index (χ2n) is 2.47. The fourth-order valence-corrected chi connectivity index (χ4v) is 1.27. The molecule has 0 saturated heterocycles. The zero-order valence-electron chi connectivity index (χ0n) is 6.65.